The Balaban J connectivity index is 1.44. The van der Waals surface area contributed by atoms with Crippen LogP contribution in [0, 0.1) is 11.8 Å². The molecule has 49 heavy (non-hydrogen) atoms. The van der Waals surface area contributed by atoms with Crippen LogP contribution in [0.15, 0.2) is 89.9 Å². The number of benzene rings is 4. The van der Waals surface area contributed by atoms with Crippen LogP contribution >= 0.6 is 0 Å². The van der Waals surface area contributed by atoms with Gasteiger partial charge >= 0.3 is 0 Å². The highest BCUT2D eigenvalue weighted by atomic mass is 16.5. The topological polar surface area (TPSA) is 37.3 Å². The van der Waals surface area contributed by atoms with E-state index in [9.17, 15) is 0 Å². The molecular formula is C44H59N3O2. The molecule has 0 saturated carbocycles. The fourth-order valence-corrected chi connectivity index (χ4v) is 8.74. The van der Waals surface area contributed by atoms with Crippen LogP contribution in [0.5, 0.6) is 0 Å². The summed E-state index contributed by atoms with van der Waals surface area (Å²) in [5, 5.41) is 5.36. The van der Waals surface area contributed by atoms with Crippen LogP contribution in [-0.2, 0) is 20.3 Å². The molecule has 2 aliphatic rings. The van der Waals surface area contributed by atoms with Crippen molar-refractivity contribution in [2.45, 2.75) is 64.2 Å². The van der Waals surface area contributed by atoms with E-state index in [2.05, 4.69) is 129 Å². The van der Waals surface area contributed by atoms with Crippen LogP contribution < -0.4 is 0 Å². The molecule has 2 heterocycles. The highest BCUT2D eigenvalue weighted by molar-refractivity contribution is 5.91. The molecule has 2 saturated heterocycles. The predicted octanol–water partition coefficient (Wildman–Crippen LogP) is 8.78. The van der Waals surface area contributed by atoms with E-state index >= 15 is 0 Å². The van der Waals surface area contributed by atoms with Crippen molar-refractivity contribution in [3.63, 3.8) is 0 Å². The summed E-state index contributed by atoms with van der Waals surface area (Å²) >= 11 is 0. The minimum absolute atomic E-state index is 0.0869. The lowest BCUT2D eigenvalue weighted by atomic mass is 9.69. The monoisotopic (exact) mass is 661 g/mol. The molecule has 4 aromatic rings. The zero-order chi connectivity index (χ0) is 34.1. The second-order valence-corrected chi connectivity index (χ2v) is 15.6. The van der Waals surface area contributed by atoms with Gasteiger partial charge in [0.2, 0.25) is 0 Å². The second kappa shape index (κ2) is 16.7. The van der Waals surface area contributed by atoms with Crippen molar-refractivity contribution in [1.82, 2.24) is 9.80 Å². The average Bonchev–Trinajstić information content (AvgIpc) is 3.12. The quantitative estimate of drug-likeness (QED) is 0.119. The van der Waals surface area contributed by atoms with Gasteiger partial charge in [0.25, 0.3) is 0 Å². The van der Waals surface area contributed by atoms with Gasteiger partial charge in [0.05, 0.1) is 26.4 Å². The molecule has 0 spiro atoms. The molecule has 5 nitrogen and oxygen atoms in total. The summed E-state index contributed by atoms with van der Waals surface area (Å²) in [7, 11) is 0. The highest BCUT2D eigenvalue weighted by Crippen LogP contribution is 2.42. The Hall–Kier alpha value is -3.09. The number of aliphatic imine (C=N–C) groups is 1. The third kappa shape index (κ3) is 8.80. The lowest BCUT2D eigenvalue weighted by Crippen LogP contribution is -2.42. The molecule has 2 fully saturated rings. The van der Waals surface area contributed by atoms with Crippen molar-refractivity contribution in [3.05, 3.63) is 96.1 Å². The molecule has 0 aliphatic carbocycles. The molecule has 0 radical (unpaired) electrons. The molecule has 2 atom stereocenters. The zero-order valence-corrected chi connectivity index (χ0v) is 30.6. The van der Waals surface area contributed by atoms with Crippen LogP contribution in [0.1, 0.15) is 64.5 Å². The molecule has 0 amide bonds. The van der Waals surface area contributed by atoms with Gasteiger partial charge in [-0.15, -0.1) is 0 Å². The van der Waals surface area contributed by atoms with Crippen molar-refractivity contribution in [3.8, 4) is 0 Å². The Kier molecular flexibility index (Phi) is 12.2. The van der Waals surface area contributed by atoms with Crippen LogP contribution in [0.2, 0.25) is 0 Å². The third-order valence-electron chi connectivity index (χ3n) is 11.0. The maximum atomic E-state index is 5.74. The summed E-state index contributed by atoms with van der Waals surface area (Å²) < 4.78 is 11.5. The maximum Gasteiger partial charge on any atom is 0.0594 e. The van der Waals surface area contributed by atoms with Crippen molar-refractivity contribution in [2.24, 2.45) is 16.8 Å². The smallest absolute Gasteiger partial charge is 0.0594 e. The Morgan fingerprint density at radius 3 is 1.67 bits per heavy atom. The summed E-state index contributed by atoms with van der Waals surface area (Å²) in [6, 6.07) is 31.8. The molecule has 6 rings (SSSR count). The van der Waals surface area contributed by atoms with E-state index in [4.69, 9.17) is 14.5 Å². The first-order valence-corrected chi connectivity index (χ1v) is 19.0. The zero-order valence-electron chi connectivity index (χ0n) is 30.6. The lowest BCUT2D eigenvalue weighted by molar-refractivity contribution is 0.0338. The van der Waals surface area contributed by atoms with Gasteiger partial charge in [0, 0.05) is 49.8 Å². The normalized spacial score (nSPS) is 19.2. The number of ether oxygens (including phenoxy) is 2. The number of nitrogens with zero attached hydrogens (tertiary/aromatic N) is 3. The van der Waals surface area contributed by atoms with Crippen molar-refractivity contribution < 1.29 is 9.47 Å². The Labute approximate surface area is 295 Å². The standard InChI is InChI=1S/C44H59N3O2/c1-35(2)31-43(19-21-46-23-27-48-28-24-46,41-17-9-13-37-11-5-7-15-39(37)41)33-45-34-44(32-36(3)4,20-22-47-25-29-49-30-26-47)42-18-10-14-38-12-6-8-16-40(38)42/h5-18,33,35-36H,19-32,34H2,1-4H3. The summed E-state index contributed by atoms with van der Waals surface area (Å²) in [6.07, 6.45) is 6.72. The van der Waals surface area contributed by atoms with E-state index in [0.717, 1.165) is 97.9 Å². The summed E-state index contributed by atoms with van der Waals surface area (Å²) in [6.45, 7) is 19.8. The summed E-state index contributed by atoms with van der Waals surface area (Å²) in [5.74, 6) is 1.06. The highest BCUT2D eigenvalue weighted by Gasteiger charge is 2.37. The minimum atomic E-state index is -0.181. The van der Waals surface area contributed by atoms with Crippen LogP contribution in [0.4, 0.5) is 0 Å². The van der Waals surface area contributed by atoms with E-state index in [1.807, 2.05) is 0 Å². The van der Waals surface area contributed by atoms with Crippen LogP contribution in [0.25, 0.3) is 21.5 Å². The number of hydrogen-bond donors (Lipinski definition) is 0. The molecule has 2 unspecified atom stereocenters. The molecule has 5 heteroatoms. The molecule has 0 bridgehead atoms. The van der Waals surface area contributed by atoms with Gasteiger partial charge in [-0.3, -0.25) is 14.8 Å². The molecule has 0 aromatic heterocycles. The van der Waals surface area contributed by atoms with Gasteiger partial charge in [0.15, 0.2) is 0 Å². The first-order chi connectivity index (χ1) is 23.9. The number of hydrogen-bond acceptors (Lipinski definition) is 5. The fraction of sp³-hybridized carbons (Fsp3) is 0.523. The SMILES string of the molecule is CC(C)CC(C=NCC(CCN1CCOCC1)(CC(C)C)c1cccc2ccccc12)(CCN1CCOCC1)c1cccc2ccccc12. The van der Waals surface area contributed by atoms with Gasteiger partial charge in [-0.05, 0) is 83.3 Å². The van der Waals surface area contributed by atoms with E-state index < -0.39 is 0 Å². The lowest BCUT2D eigenvalue weighted by Gasteiger charge is -2.39. The Morgan fingerprint density at radius 2 is 1.10 bits per heavy atom. The van der Waals surface area contributed by atoms with Gasteiger partial charge < -0.3 is 9.47 Å². The van der Waals surface area contributed by atoms with Gasteiger partial charge in [-0.25, -0.2) is 0 Å². The predicted molar refractivity (Wildman–Crippen MR) is 207 cm³/mol. The molecule has 262 valence electrons. The van der Waals surface area contributed by atoms with E-state index in [0.29, 0.717) is 11.8 Å². The van der Waals surface area contributed by atoms with Gasteiger partial charge in [0.1, 0.15) is 0 Å². The molecule has 0 N–H and O–H groups in total. The minimum Gasteiger partial charge on any atom is -0.379 e. The summed E-state index contributed by atoms with van der Waals surface area (Å²) in [5.41, 5.74) is 2.61. The number of rotatable bonds is 15. The van der Waals surface area contributed by atoms with Crippen molar-refractivity contribution >= 4 is 27.8 Å². The van der Waals surface area contributed by atoms with Crippen molar-refractivity contribution in [2.75, 3.05) is 72.2 Å². The molecule has 2 aliphatic heterocycles. The largest absolute Gasteiger partial charge is 0.379 e. The summed E-state index contributed by atoms with van der Waals surface area (Å²) in [4.78, 5) is 10.9. The van der Waals surface area contributed by atoms with Gasteiger partial charge in [-0.2, -0.15) is 0 Å². The third-order valence-corrected chi connectivity index (χ3v) is 11.0. The van der Waals surface area contributed by atoms with Crippen LogP contribution in [0.3, 0.4) is 0 Å². The van der Waals surface area contributed by atoms with Crippen LogP contribution in [-0.4, -0.2) is 88.3 Å². The second-order valence-electron chi connectivity index (χ2n) is 15.6. The van der Waals surface area contributed by atoms with E-state index in [1.54, 1.807) is 0 Å². The Morgan fingerprint density at radius 1 is 0.612 bits per heavy atom. The molecular weight excluding hydrogens is 603 g/mol. The van der Waals surface area contributed by atoms with Gasteiger partial charge in [-0.1, -0.05) is 113 Å². The first-order valence-electron chi connectivity index (χ1n) is 19.0. The fourth-order valence-electron chi connectivity index (χ4n) is 8.74. The number of morpholine rings is 2. The van der Waals surface area contributed by atoms with Crippen molar-refractivity contribution in [1.29, 1.82) is 0 Å². The average molecular weight is 662 g/mol. The van der Waals surface area contributed by atoms with E-state index in [-0.39, 0.29) is 10.8 Å². The van der Waals surface area contributed by atoms with E-state index in [1.165, 1.54) is 32.7 Å². The first kappa shape index (κ1) is 35.7. The maximum absolute atomic E-state index is 5.74. The molecule has 4 aromatic carbocycles. The Bertz CT molecular complexity index is 1640. The number of fused-ring (bicyclic) bond motifs is 2.